The molecule has 1 aliphatic rings. The van der Waals surface area contributed by atoms with Gasteiger partial charge in [0.15, 0.2) is 5.82 Å². The van der Waals surface area contributed by atoms with Crippen LogP contribution in [-0.2, 0) is 41.7 Å². The smallest absolute Gasteiger partial charge is 0.466 e. The Morgan fingerprint density at radius 2 is 1.88 bits per heavy atom. The minimum atomic E-state index is -5.01. The molecule has 0 fully saturated rings. The fourth-order valence-corrected chi connectivity index (χ4v) is 4.23. The van der Waals surface area contributed by atoms with E-state index in [0.717, 1.165) is 0 Å². The summed E-state index contributed by atoms with van der Waals surface area (Å²) in [5.74, 6) is -4.25. The van der Waals surface area contributed by atoms with Crippen molar-refractivity contribution < 1.29 is 41.8 Å². The van der Waals surface area contributed by atoms with E-state index in [2.05, 4.69) is 20.8 Å². The first-order chi connectivity index (χ1) is 19.0. The van der Waals surface area contributed by atoms with E-state index in [1.807, 2.05) is 0 Å². The molecule has 1 aliphatic heterocycles. The van der Waals surface area contributed by atoms with Crippen molar-refractivity contribution in [3.8, 4) is 0 Å². The Morgan fingerprint density at radius 3 is 2.52 bits per heavy atom. The van der Waals surface area contributed by atoms with Gasteiger partial charge in [0, 0.05) is 17.3 Å². The van der Waals surface area contributed by atoms with Gasteiger partial charge in [-0.25, -0.2) is 14.3 Å². The van der Waals surface area contributed by atoms with E-state index in [4.69, 9.17) is 25.8 Å². The van der Waals surface area contributed by atoms with Crippen molar-refractivity contribution >= 4 is 29.4 Å². The second kappa shape index (κ2) is 13.4. The van der Waals surface area contributed by atoms with Gasteiger partial charge in [-0.15, -0.1) is 5.10 Å². The van der Waals surface area contributed by atoms with E-state index >= 15 is 0 Å². The average Bonchev–Trinajstić information content (AvgIpc) is 3.34. The van der Waals surface area contributed by atoms with Gasteiger partial charge in [-0.1, -0.05) is 29.8 Å². The summed E-state index contributed by atoms with van der Waals surface area (Å²) in [4.78, 5) is 37.0. The summed E-state index contributed by atoms with van der Waals surface area (Å²) in [7, 11) is 1.22. The SMILES string of the molecule is CCOC(=O)C1=C(COCc2nnnn2CCNC(=O)C(F)(F)F)NC(C)=C(C(=O)OC)C1c1ccccc1Cl. The van der Waals surface area contributed by atoms with Crippen molar-refractivity contribution in [1.82, 2.24) is 30.8 Å². The van der Waals surface area contributed by atoms with E-state index in [0.29, 0.717) is 16.3 Å². The molecule has 0 aliphatic carbocycles. The first kappa shape index (κ1) is 30.6. The molecule has 1 atom stereocenters. The Balaban J connectivity index is 1.86. The molecule has 2 aromatic rings. The number of nitrogens with one attached hydrogen (secondary N) is 2. The molecule has 0 bridgehead atoms. The molecule has 1 aromatic carbocycles. The molecule has 2 heterocycles. The number of rotatable bonds is 11. The maximum Gasteiger partial charge on any atom is 0.471 e. The Hall–Kier alpha value is -3.98. The van der Waals surface area contributed by atoms with Crippen molar-refractivity contribution in [2.75, 3.05) is 26.9 Å². The lowest BCUT2D eigenvalue weighted by molar-refractivity contribution is -0.173. The summed E-state index contributed by atoms with van der Waals surface area (Å²) in [5.41, 5.74) is 1.39. The molecule has 2 N–H and O–H groups in total. The number of hydrogen-bond donors (Lipinski definition) is 2. The van der Waals surface area contributed by atoms with Crippen LogP contribution < -0.4 is 10.6 Å². The van der Waals surface area contributed by atoms with Gasteiger partial charge >= 0.3 is 24.0 Å². The van der Waals surface area contributed by atoms with Gasteiger partial charge in [0.1, 0.15) is 6.61 Å². The molecule has 16 heteroatoms. The maximum absolute atomic E-state index is 13.2. The highest BCUT2D eigenvalue weighted by Crippen LogP contribution is 2.41. The van der Waals surface area contributed by atoms with Crippen molar-refractivity contribution in [2.45, 2.75) is 39.1 Å². The second-order valence-electron chi connectivity index (χ2n) is 8.29. The molecule has 216 valence electrons. The van der Waals surface area contributed by atoms with Crippen molar-refractivity contribution in [3.63, 3.8) is 0 Å². The number of aromatic nitrogens is 4. The lowest BCUT2D eigenvalue weighted by atomic mass is 9.80. The molecule has 1 amide bonds. The van der Waals surface area contributed by atoms with E-state index in [1.54, 1.807) is 43.4 Å². The van der Waals surface area contributed by atoms with Gasteiger partial charge in [0.25, 0.3) is 0 Å². The van der Waals surface area contributed by atoms with Crippen LogP contribution in [0.5, 0.6) is 0 Å². The van der Waals surface area contributed by atoms with E-state index in [1.165, 1.54) is 11.8 Å². The third kappa shape index (κ3) is 7.15. The number of benzene rings is 1. The number of esters is 2. The van der Waals surface area contributed by atoms with Gasteiger partial charge in [0.2, 0.25) is 0 Å². The lowest BCUT2D eigenvalue weighted by Crippen LogP contribution is -2.38. The van der Waals surface area contributed by atoms with E-state index in [9.17, 15) is 27.6 Å². The number of tetrazole rings is 1. The van der Waals surface area contributed by atoms with Crippen molar-refractivity contribution in [2.24, 2.45) is 0 Å². The molecule has 0 radical (unpaired) electrons. The number of methoxy groups -OCH3 is 1. The first-order valence-electron chi connectivity index (χ1n) is 11.9. The summed E-state index contributed by atoms with van der Waals surface area (Å²) in [6.45, 7) is 2.39. The van der Waals surface area contributed by atoms with Crippen LogP contribution in [0.15, 0.2) is 46.8 Å². The number of carbonyl (C=O) groups is 3. The quantitative estimate of drug-likeness (QED) is 0.376. The van der Waals surface area contributed by atoms with Crippen LogP contribution in [0, 0.1) is 0 Å². The number of hydrogen-bond acceptors (Lipinski definition) is 10. The highest BCUT2D eigenvalue weighted by atomic mass is 35.5. The number of nitrogens with zero attached hydrogens (tertiary/aromatic N) is 4. The molecule has 0 spiro atoms. The number of alkyl halides is 3. The summed E-state index contributed by atoms with van der Waals surface area (Å²) in [5, 5.41) is 16.0. The van der Waals surface area contributed by atoms with Crippen LogP contribution in [-0.4, -0.2) is 71.1 Å². The Morgan fingerprint density at radius 1 is 1.15 bits per heavy atom. The molecular weight excluding hydrogens is 561 g/mol. The Labute approximate surface area is 231 Å². The number of carbonyl (C=O) groups excluding carboxylic acids is 3. The van der Waals surface area contributed by atoms with Crippen LogP contribution in [0.4, 0.5) is 13.2 Å². The number of allylic oxidation sites excluding steroid dienone is 1. The third-order valence-electron chi connectivity index (χ3n) is 5.71. The molecule has 1 aromatic heterocycles. The zero-order chi connectivity index (χ0) is 29.4. The van der Waals surface area contributed by atoms with Gasteiger partial charge in [-0.05, 0) is 35.9 Å². The number of ether oxygens (including phenoxy) is 3. The average molecular weight is 587 g/mol. The van der Waals surface area contributed by atoms with Crippen LogP contribution in [0.3, 0.4) is 0 Å². The molecular formula is C24H26ClF3N6O6. The largest absolute Gasteiger partial charge is 0.471 e. The number of dihydropyridines is 1. The fourth-order valence-electron chi connectivity index (χ4n) is 3.98. The molecule has 0 saturated heterocycles. The fraction of sp³-hybridized carbons (Fsp3) is 0.417. The molecule has 40 heavy (non-hydrogen) atoms. The normalized spacial score (nSPS) is 15.5. The van der Waals surface area contributed by atoms with Crippen molar-refractivity contribution in [3.05, 3.63) is 63.2 Å². The lowest BCUT2D eigenvalue weighted by Gasteiger charge is -2.31. The van der Waals surface area contributed by atoms with Gasteiger partial charge in [0.05, 0.1) is 49.6 Å². The molecule has 1 unspecified atom stereocenters. The minimum absolute atomic E-state index is 0.0572. The minimum Gasteiger partial charge on any atom is -0.466 e. The Bertz CT molecular complexity index is 1330. The Kier molecular flexibility index (Phi) is 10.2. The molecule has 0 saturated carbocycles. The summed E-state index contributed by atoms with van der Waals surface area (Å²) >= 11 is 6.47. The number of amides is 1. The predicted octanol–water partition coefficient (Wildman–Crippen LogP) is 2.17. The predicted molar refractivity (Wildman–Crippen MR) is 132 cm³/mol. The standard InChI is InChI=1S/C24H26ClF3N6O6/c1-4-40-22(36)20-16(11-39-12-17-31-32-33-34(17)10-9-29-23(37)24(26,27)28)30-13(2)18(21(35)38-3)19(20)14-7-5-6-8-15(14)25/h5-8,19,30H,4,9-12H2,1-3H3,(H,29,37). The van der Waals surface area contributed by atoms with Gasteiger partial charge < -0.3 is 24.8 Å². The topological polar surface area (TPSA) is 147 Å². The molecule has 3 rings (SSSR count). The second-order valence-corrected chi connectivity index (χ2v) is 8.69. The van der Waals surface area contributed by atoms with E-state index < -0.39 is 29.9 Å². The zero-order valence-electron chi connectivity index (χ0n) is 21.7. The van der Waals surface area contributed by atoms with Crippen LogP contribution in [0.2, 0.25) is 5.02 Å². The highest BCUT2D eigenvalue weighted by molar-refractivity contribution is 6.31. The van der Waals surface area contributed by atoms with Gasteiger partial charge in [-0.2, -0.15) is 13.2 Å². The number of halogens is 4. The van der Waals surface area contributed by atoms with Crippen LogP contribution in [0.25, 0.3) is 0 Å². The van der Waals surface area contributed by atoms with Gasteiger partial charge in [-0.3, -0.25) is 4.79 Å². The van der Waals surface area contributed by atoms with E-state index in [-0.39, 0.29) is 55.6 Å². The first-order valence-corrected chi connectivity index (χ1v) is 12.3. The highest BCUT2D eigenvalue weighted by Gasteiger charge is 2.40. The van der Waals surface area contributed by atoms with Crippen molar-refractivity contribution in [1.29, 1.82) is 0 Å². The third-order valence-corrected chi connectivity index (χ3v) is 6.06. The zero-order valence-corrected chi connectivity index (χ0v) is 22.4. The van der Waals surface area contributed by atoms with Crippen LogP contribution >= 0.6 is 11.6 Å². The molecule has 12 nitrogen and oxygen atoms in total. The summed E-state index contributed by atoms with van der Waals surface area (Å²) in [6.07, 6.45) is -5.01. The monoisotopic (exact) mass is 586 g/mol. The van der Waals surface area contributed by atoms with Crippen LogP contribution in [0.1, 0.15) is 31.2 Å². The maximum atomic E-state index is 13.2. The summed E-state index contributed by atoms with van der Waals surface area (Å²) in [6, 6.07) is 6.72. The summed E-state index contributed by atoms with van der Waals surface area (Å²) < 4.78 is 54.4.